The van der Waals surface area contributed by atoms with E-state index in [0.717, 1.165) is 6.26 Å². The first-order valence-corrected chi connectivity index (χ1v) is 7.68. The Balaban J connectivity index is 3.16. The Kier molecular flexibility index (Phi) is 5.33. The molecule has 0 radical (unpaired) electrons. The van der Waals surface area contributed by atoms with Crippen molar-refractivity contribution >= 4 is 32.0 Å². The lowest BCUT2D eigenvalue weighted by molar-refractivity contribution is 0.0596. The summed E-state index contributed by atoms with van der Waals surface area (Å²) in [6, 6.07) is 3.07. The number of esters is 1. The van der Waals surface area contributed by atoms with Crippen LogP contribution in [0.2, 0.25) is 0 Å². The van der Waals surface area contributed by atoms with Gasteiger partial charge in [-0.2, -0.15) is 8.42 Å². The second kappa shape index (κ2) is 6.36. The first-order valence-electron chi connectivity index (χ1n) is 5.07. The van der Waals surface area contributed by atoms with Crippen molar-refractivity contribution in [3.8, 4) is 5.75 Å². The van der Waals surface area contributed by atoms with Gasteiger partial charge in [-0.3, -0.25) is 4.18 Å². The molecule has 0 saturated carbocycles. The van der Waals surface area contributed by atoms with Crippen molar-refractivity contribution in [2.75, 3.05) is 20.5 Å². The predicted molar refractivity (Wildman–Crippen MR) is 71.7 cm³/mol. The summed E-state index contributed by atoms with van der Waals surface area (Å²) < 4.78 is 36.8. The maximum atomic E-state index is 11.6. The molecular formula is C11H13BrO6S. The highest BCUT2D eigenvalue weighted by Gasteiger charge is 2.17. The molecule has 0 bridgehead atoms. The standard InChI is InChI=1S/C11H13BrO6S/c1-16-10-8(11(13)17-2)4-7(5-9(10)12)6-18-19(3,14)15/h4-5H,6H2,1-3H3. The quantitative estimate of drug-likeness (QED) is 0.593. The van der Waals surface area contributed by atoms with Crippen LogP contribution in [0, 0.1) is 0 Å². The van der Waals surface area contributed by atoms with Crippen molar-refractivity contribution in [3.63, 3.8) is 0 Å². The Labute approximate surface area is 119 Å². The third-order valence-electron chi connectivity index (χ3n) is 2.15. The van der Waals surface area contributed by atoms with Crippen LogP contribution >= 0.6 is 15.9 Å². The second-order valence-electron chi connectivity index (χ2n) is 3.62. The number of carbonyl (C=O) groups is 1. The first kappa shape index (κ1) is 15.9. The molecular weight excluding hydrogens is 340 g/mol. The average molecular weight is 353 g/mol. The molecule has 0 spiro atoms. The first-order chi connectivity index (χ1) is 8.78. The summed E-state index contributed by atoms with van der Waals surface area (Å²) in [5.74, 6) is -0.270. The van der Waals surface area contributed by atoms with E-state index in [2.05, 4.69) is 24.8 Å². The molecule has 0 N–H and O–H groups in total. The van der Waals surface area contributed by atoms with Gasteiger partial charge in [-0.1, -0.05) is 0 Å². The van der Waals surface area contributed by atoms with Crippen LogP contribution in [0.4, 0.5) is 0 Å². The van der Waals surface area contributed by atoms with Crippen LogP contribution in [0.15, 0.2) is 16.6 Å². The Hall–Kier alpha value is -1.12. The Morgan fingerprint density at radius 2 is 1.95 bits per heavy atom. The molecule has 0 fully saturated rings. The molecule has 1 rings (SSSR count). The highest BCUT2D eigenvalue weighted by Crippen LogP contribution is 2.31. The number of methoxy groups -OCH3 is 2. The molecule has 6 nitrogen and oxygen atoms in total. The van der Waals surface area contributed by atoms with E-state index in [9.17, 15) is 13.2 Å². The van der Waals surface area contributed by atoms with Gasteiger partial charge < -0.3 is 9.47 Å². The summed E-state index contributed by atoms with van der Waals surface area (Å²) in [6.45, 7) is -0.175. The highest BCUT2D eigenvalue weighted by molar-refractivity contribution is 9.10. The third-order valence-corrected chi connectivity index (χ3v) is 3.29. The van der Waals surface area contributed by atoms with Gasteiger partial charge in [0.15, 0.2) is 0 Å². The van der Waals surface area contributed by atoms with Gasteiger partial charge in [-0.05, 0) is 33.6 Å². The van der Waals surface area contributed by atoms with E-state index in [0.29, 0.717) is 15.8 Å². The number of ether oxygens (including phenoxy) is 2. The van der Waals surface area contributed by atoms with Crippen molar-refractivity contribution in [3.05, 3.63) is 27.7 Å². The summed E-state index contributed by atoms with van der Waals surface area (Å²) in [7, 11) is -0.891. The van der Waals surface area contributed by atoms with Crippen LogP contribution in [-0.2, 0) is 25.6 Å². The molecule has 0 unspecified atom stereocenters. The fourth-order valence-electron chi connectivity index (χ4n) is 1.38. The van der Waals surface area contributed by atoms with Crippen LogP contribution in [-0.4, -0.2) is 34.9 Å². The number of hydrogen-bond acceptors (Lipinski definition) is 6. The van der Waals surface area contributed by atoms with Gasteiger partial charge in [-0.25, -0.2) is 4.79 Å². The molecule has 0 heterocycles. The van der Waals surface area contributed by atoms with E-state index in [1.54, 1.807) is 6.07 Å². The highest BCUT2D eigenvalue weighted by atomic mass is 79.9. The molecule has 1 aromatic carbocycles. The zero-order valence-electron chi connectivity index (χ0n) is 10.6. The molecule has 0 aliphatic rings. The van der Waals surface area contributed by atoms with Crippen LogP contribution in [0.25, 0.3) is 0 Å². The molecule has 106 valence electrons. The summed E-state index contributed by atoms with van der Waals surface area (Å²) in [5.41, 5.74) is 0.685. The predicted octanol–water partition coefficient (Wildman–Crippen LogP) is 1.72. The van der Waals surface area contributed by atoms with Crippen molar-refractivity contribution in [1.29, 1.82) is 0 Å². The lowest BCUT2D eigenvalue weighted by Crippen LogP contribution is -2.07. The number of carbonyl (C=O) groups excluding carboxylic acids is 1. The van der Waals surface area contributed by atoms with E-state index in [4.69, 9.17) is 4.74 Å². The smallest absolute Gasteiger partial charge is 0.341 e. The van der Waals surface area contributed by atoms with Crippen molar-refractivity contribution in [2.24, 2.45) is 0 Å². The molecule has 0 amide bonds. The van der Waals surface area contributed by atoms with Gasteiger partial charge in [0.25, 0.3) is 10.1 Å². The average Bonchev–Trinajstić information content (AvgIpc) is 2.33. The normalized spacial score (nSPS) is 11.2. The maximum Gasteiger partial charge on any atom is 0.341 e. The molecule has 1 aromatic rings. The van der Waals surface area contributed by atoms with Crippen LogP contribution in [0.1, 0.15) is 15.9 Å². The summed E-state index contributed by atoms with van der Waals surface area (Å²) in [5, 5.41) is 0. The van der Waals surface area contributed by atoms with Crippen LogP contribution in [0.5, 0.6) is 5.75 Å². The fraction of sp³-hybridized carbons (Fsp3) is 0.364. The molecule has 19 heavy (non-hydrogen) atoms. The molecule has 0 aliphatic heterocycles. The van der Waals surface area contributed by atoms with Gasteiger partial charge in [-0.15, -0.1) is 0 Å². The largest absolute Gasteiger partial charge is 0.495 e. The number of rotatable bonds is 5. The number of hydrogen-bond donors (Lipinski definition) is 0. The molecule has 0 saturated heterocycles. The van der Waals surface area contributed by atoms with Gasteiger partial charge in [0.05, 0.1) is 31.6 Å². The van der Waals surface area contributed by atoms with Crippen LogP contribution < -0.4 is 4.74 Å². The number of halogens is 1. The zero-order valence-corrected chi connectivity index (χ0v) is 13.0. The molecule has 0 aromatic heterocycles. The summed E-state index contributed by atoms with van der Waals surface area (Å²) in [4.78, 5) is 11.6. The SMILES string of the molecule is COC(=O)c1cc(COS(C)(=O)=O)cc(Br)c1OC. The van der Waals surface area contributed by atoms with Crippen molar-refractivity contribution in [1.82, 2.24) is 0 Å². The third kappa shape index (κ3) is 4.48. The molecule has 0 atom stereocenters. The van der Waals surface area contributed by atoms with Gasteiger partial charge >= 0.3 is 5.97 Å². The fourth-order valence-corrected chi connectivity index (χ4v) is 2.40. The van der Waals surface area contributed by atoms with E-state index in [1.165, 1.54) is 20.3 Å². The van der Waals surface area contributed by atoms with Crippen LogP contribution in [0.3, 0.4) is 0 Å². The lowest BCUT2D eigenvalue weighted by atomic mass is 10.1. The van der Waals surface area contributed by atoms with E-state index in [1.807, 2.05) is 0 Å². The Bertz CT molecular complexity index is 581. The van der Waals surface area contributed by atoms with Gasteiger partial charge in [0.2, 0.25) is 0 Å². The van der Waals surface area contributed by atoms with Crippen molar-refractivity contribution < 1.29 is 26.9 Å². The lowest BCUT2D eigenvalue weighted by Gasteiger charge is -2.11. The van der Waals surface area contributed by atoms with Crippen molar-refractivity contribution in [2.45, 2.75) is 6.61 Å². The number of benzene rings is 1. The van der Waals surface area contributed by atoms with E-state index < -0.39 is 16.1 Å². The Morgan fingerprint density at radius 3 is 2.42 bits per heavy atom. The summed E-state index contributed by atoms with van der Waals surface area (Å²) >= 11 is 3.24. The summed E-state index contributed by atoms with van der Waals surface area (Å²) in [6.07, 6.45) is 0.951. The zero-order chi connectivity index (χ0) is 14.6. The molecule has 0 aliphatic carbocycles. The molecule has 8 heteroatoms. The topological polar surface area (TPSA) is 78.9 Å². The van der Waals surface area contributed by atoms with Gasteiger partial charge in [0.1, 0.15) is 11.3 Å². The maximum absolute atomic E-state index is 11.6. The monoisotopic (exact) mass is 352 g/mol. The second-order valence-corrected chi connectivity index (χ2v) is 6.11. The van der Waals surface area contributed by atoms with E-state index >= 15 is 0 Å². The van der Waals surface area contributed by atoms with Gasteiger partial charge in [0, 0.05) is 0 Å². The van der Waals surface area contributed by atoms with E-state index in [-0.39, 0.29) is 12.2 Å². The minimum Gasteiger partial charge on any atom is -0.495 e. The minimum absolute atomic E-state index is 0.175. The minimum atomic E-state index is -3.55. The Morgan fingerprint density at radius 1 is 1.32 bits per heavy atom.